The Labute approximate surface area is 179 Å². The zero-order chi connectivity index (χ0) is 18.6. The maximum atomic E-state index is 5.08. The molecule has 2 rings (SSSR count). The predicted molar refractivity (Wildman–Crippen MR) is 121 cm³/mol. The van der Waals surface area contributed by atoms with Crippen molar-refractivity contribution in [1.29, 1.82) is 0 Å². The summed E-state index contributed by atoms with van der Waals surface area (Å²) in [5, 5.41) is 11.0. The molecular weight excluding hydrogens is 455 g/mol. The third-order valence-corrected chi connectivity index (χ3v) is 4.04. The number of likely N-dealkylation sites (N-methyl/N-ethyl adjacent to an activating group) is 1. The molecule has 0 spiro atoms. The van der Waals surface area contributed by atoms with Gasteiger partial charge in [-0.3, -0.25) is 4.99 Å². The maximum absolute atomic E-state index is 5.08. The van der Waals surface area contributed by atoms with Crippen LogP contribution in [0, 0.1) is 0 Å². The summed E-state index contributed by atoms with van der Waals surface area (Å²) >= 11 is 0. The normalized spacial score (nSPS) is 11.3. The summed E-state index contributed by atoms with van der Waals surface area (Å²) in [6.45, 7) is 4.34. The number of benzene rings is 1. The van der Waals surface area contributed by atoms with E-state index in [1.807, 2.05) is 29.1 Å². The molecule has 150 valence electrons. The number of ether oxygens (including phenoxy) is 1. The van der Waals surface area contributed by atoms with Crippen molar-refractivity contribution in [2.24, 2.45) is 4.99 Å². The number of aliphatic imine (C=N–C) groups is 1. The quantitative estimate of drug-likeness (QED) is 0.233. The summed E-state index contributed by atoms with van der Waals surface area (Å²) in [5.74, 6) is 0.805. The van der Waals surface area contributed by atoms with E-state index in [0.29, 0.717) is 6.54 Å². The lowest BCUT2D eigenvalue weighted by molar-refractivity contribution is 0.180. The number of halogens is 1. The molecule has 2 aromatic rings. The van der Waals surface area contributed by atoms with Gasteiger partial charge in [-0.15, -0.1) is 24.0 Å². The fourth-order valence-corrected chi connectivity index (χ4v) is 2.59. The Bertz CT molecular complexity index is 662. The highest BCUT2D eigenvalue weighted by molar-refractivity contribution is 14.0. The molecule has 0 atom stereocenters. The topological polar surface area (TPSA) is 66.7 Å². The van der Waals surface area contributed by atoms with E-state index in [4.69, 9.17) is 4.74 Å². The van der Waals surface area contributed by atoms with Gasteiger partial charge in [-0.2, -0.15) is 5.10 Å². The lowest BCUT2D eigenvalue weighted by atomic mass is 10.2. The molecule has 0 unspecified atom stereocenters. The van der Waals surface area contributed by atoms with E-state index in [0.717, 1.165) is 44.3 Å². The van der Waals surface area contributed by atoms with Crippen molar-refractivity contribution in [1.82, 2.24) is 25.3 Å². The zero-order valence-corrected chi connectivity index (χ0v) is 18.7. The number of aromatic nitrogens is 2. The average molecular weight is 486 g/mol. The SMILES string of the molecule is CN=C(NCCN(C)CCCOC)NCc1cccc(-n2cccn2)c1.I. The average Bonchev–Trinajstić information content (AvgIpc) is 3.20. The number of nitrogens with zero attached hydrogens (tertiary/aromatic N) is 4. The molecule has 0 radical (unpaired) electrons. The van der Waals surface area contributed by atoms with Gasteiger partial charge in [-0.1, -0.05) is 12.1 Å². The summed E-state index contributed by atoms with van der Waals surface area (Å²) in [6.07, 6.45) is 4.77. The highest BCUT2D eigenvalue weighted by Crippen LogP contribution is 2.09. The van der Waals surface area contributed by atoms with E-state index in [2.05, 4.69) is 44.8 Å². The van der Waals surface area contributed by atoms with Gasteiger partial charge in [0.2, 0.25) is 0 Å². The number of hydrogen-bond acceptors (Lipinski definition) is 4. The molecule has 0 saturated carbocycles. The Hall–Kier alpha value is -1.65. The molecule has 0 bridgehead atoms. The van der Waals surface area contributed by atoms with Crippen LogP contribution in [0.2, 0.25) is 0 Å². The Kier molecular flexibility index (Phi) is 11.7. The van der Waals surface area contributed by atoms with Gasteiger partial charge in [-0.25, -0.2) is 4.68 Å². The maximum Gasteiger partial charge on any atom is 0.191 e. The summed E-state index contributed by atoms with van der Waals surface area (Å²) in [5.41, 5.74) is 2.23. The van der Waals surface area contributed by atoms with Gasteiger partial charge >= 0.3 is 0 Å². The molecule has 0 fully saturated rings. The van der Waals surface area contributed by atoms with Gasteiger partial charge in [-0.05, 0) is 37.2 Å². The number of rotatable bonds is 10. The largest absolute Gasteiger partial charge is 0.385 e. The van der Waals surface area contributed by atoms with Gasteiger partial charge in [0.05, 0.1) is 5.69 Å². The fourth-order valence-electron chi connectivity index (χ4n) is 2.59. The van der Waals surface area contributed by atoms with Crippen molar-refractivity contribution in [3.8, 4) is 5.69 Å². The van der Waals surface area contributed by atoms with Gasteiger partial charge in [0.25, 0.3) is 0 Å². The van der Waals surface area contributed by atoms with Gasteiger partial charge in [0, 0.05) is 59.3 Å². The highest BCUT2D eigenvalue weighted by atomic mass is 127. The molecule has 1 aromatic heterocycles. The summed E-state index contributed by atoms with van der Waals surface area (Å²) in [6, 6.07) is 10.2. The second kappa shape index (κ2) is 13.5. The molecule has 0 amide bonds. The summed E-state index contributed by atoms with van der Waals surface area (Å²) in [4.78, 5) is 6.57. The van der Waals surface area contributed by atoms with Crippen LogP contribution in [0.25, 0.3) is 5.69 Å². The summed E-state index contributed by atoms with van der Waals surface area (Å²) in [7, 11) is 5.65. The first-order valence-corrected chi connectivity index (χ1v) is 8.94. The van der Waals surface area contributed by atoms with Crippen LogP contribution in [-0.2, 0) is 11.3 Å². The van der Waals surface area contributed by atoms with E-state index in [9.17, 15) is 0 Å². The van der Waals surface area contributed by atoms with Gasteiger partial charge < -0.3 is 20.3 Å². The Balaban J connectivity index is 0.00000364. The van der Waals surface area contributed by atoms with E-state index in [1.54, 1.807) is 20.4 Å². The lowest BCUT2D eigenvalue weighted by Gasteiger charge is -2.18. The molecule has 1 aromatic carbocycles. The van der Waals surface area contributed by atoms with Crippen LogP contribution < -0.4 is 10.6 Å². The van der Waals surface area contributed by atoms with Crippen LogP contribution in [0.1, 0.15) is 12.0 Å². The lowest BCUT2D eigenvalue weighted by Crippen LogP contribution is -2.40. The highest BCUT2D eigenvalue weighted by Gasteiger charge is 2.02. The van der Waals surface area contributed by atoms with E-state index < -0.39 is 0 Å². The van der Waals surface area contributed by atoms with Crippen LogP contribution >= 0.6 is 24.0 Å². The van der Waals surface area contributed by atoms with E-state index in [-0.39, 0.29) is 24.0 Å². The Morgan fingerprint density at radius 2 is 2.11 bits per heavy atom. The second-order valence-corrected chi connectivity index (χ2v) is 6.12. The number of hydrogen-bond donors (Lipinski definition) is 2. The van der Waals surface area contributed by atoms with Crippen molar-refractivity contribution in [2.45, 2.75) is 13.0 Å². The fraction of sp³-hybridized carbons (Fsp3) is 0.474. The molecule has 1 heterocycles. The van der Waals surface area contributed by atoms with Crippen molar-refractivity contribution >= 4 is 29.9 Å². The van der Waals surface area contributed by atoms with Crippen LogP contribution in [-0.4, -0.2) is 68.1 Å². The molecule has 2 N–H and O–H groups in total. The smallest absolute Gasteiger partial charge is 0.191 e. The molecule has 0 aliphatic rings. The predicted octanol–water partition coefficient (Wildman–Crippen LogP) is 2.12. The Morgan fingerprint density at radius 1 is 1.26 bits per heavy atom. The number of nitrogens with one attached hydrogen (secondary N) is 2. The van der Waals surface area contributed by atoms with Gasteiger partial charge in [0.15, 0.2) is 5.96 Å². The van der Waals surface area contributed by atoms with Crippen LogP contribution in [0.5, 0.6) is 0 Å². The molecule has 8 heteroatoms. The van der Waals surface area contributed by atoms with Crippen molar-refractivity contribution < 1.29 is 4.74 Å². The van der Waals surface area contributed by atoms with Crippen LogP contribution in [0.4, 0.5) is 0 Å². The molecule has 0 saturated heterocycles. The van der Waals surface area contributed by atoms with Crippen LogP contribution in [0.15, 0.2) is 47.7 Å². The van der Waals surface area contributed by atoms with Crippen molar-refractivity contribution in [3.05, 3.63) is 48.3 Å². The monoisotopic (exact) mass is 486 g/mol. The van der Waals surface area contributed by atoms with Crippen LogP contribution in [0.3, 0.4) is 0 Å². The van der Waals surface area contributed by atoms with E-state index >= 15 is 0 Å². The second-order valence-electron chi connectivity index (χ2n) is 6.12. The minimum atomic E-state index is 0. The first kappa shape index (κ1) is 23.4. The van der Waals surface area contributed by atoms with Gasteiger partial charge in [0.1, 0.15) is 0 Å². The molecule has 0 aliphatic heterocycles. The minimum Gasteiger partial charge on any atom is -0.385 e. The molecule has 27 heavy (non-hydrogen) atoms. The third-order valence-electron chi connectivity index (χ3n) is 4.04. The first-order valence-electron chi connectivity index (χ1n) is 8.94. The zero-order valence-electron chi connectivity index (χ0n) is 16.4. The first-order chi connectivity index (χ1) is 12.7. The van der Waals surface area contributed by atoms with Crippen molar-refractivity contribution in [2.75, 3.05) is 47.4 Å². The van der Waals surface area contributed by atoms with E-state index in [1.165, 1.54) is 5.56 Å². The third kappa shape index (κ3) is 8.72. The van der Waals surface area contributed by atoms with Crippen molar-refractivity contribution in [3.63, 3.8) is 0 Å². The molecule has 7 nitrogen and oxygen atoms in total. The summed E-state index contributed by atoms with van der Waals surface area (Å²) < 4.78 is 6.94. The standard InChI is InChI=1S/C19H30N6O.HI/c1-20-19(21-10-13-24(2)11-6-14-26-3)22-16-17-7-4-8-18(15-17)25-12-5-9-23-25;/h4-5,7-9,12,15H,6,10-11,13-14,16H2,1-3H3,(H2,20,21,22);1H. The molecular formula is C19H31IN6O. The number of guanidine groups is 1. The Morgan fingerprint density at radius 3 is 2.81 bits per heavy atom. The molecule has 0 aliphatic carbocycles. The minimum absolute atomic E-state index is 0. The number of methoxy groups -OCH3 is 1.